The summed E-state index contributed by atoms with van der Waals surface area (Å²) < 4.78 is 28.3. The molecule has 0 radical (unpaired) electrons. The largest absolute Gasteiger partial charge is 0.393 e. The van der Waals surface area contributed by atoms with Gasteiger partial charge in [-0.3, -0.25) is 0 Å². The number of thiocarbonyl (C=S) groups is 1. The number of hydrogen-bond acceptors (Lipinski definition) is 3. The quantitative estimate of drug-likeness (QED) is 0.710. The van der Waals surface area contributed by atoms with Gasteiger partial charge in [-0.25, -0.2) is 8.42 Å². The molecule has 0 bridgehead atoms. The number of rotatable bonds is 3. The Bertz CT molecular complexity index is 669. The first-order valence-corrected chi connectivity index (χ1v) is 9.85. The number of hydrogen-bond donors (Lipinski definition) is 1. The predicted molar refractivity (Wildman–Crippen MR) is 94.7 cm³/mol. The Labute approximate surface area is 147 Å². The van der Waals surface area contributed by atoms with Crippen LogP contribution < -0.4 is 5.73 Å². The Kier molecular flexibility index (Phi) is 5.15. The second-order valence-corrected chi connectivity index (χ2v) is 9.52. The smallest absolute Gasteiger partial charge is 0.244 e. The Morgan fingerprint density at radius 2 is 1.90 bits per heavy atom. The lowest BCUT2D eigenvalue weighted by atomic mass is 9.81. The molecule has 0 aromatic heterocycles. The van der Waals surface area contributed by atoms with Gasteiger partial charge in [0.15, 0.2) is 0 Å². The summed E-state index contributed by atoms with van der Waals surface area (Å²) in [7, 11) is -3.52. The first-order valence-electron chi connectivity index (χ1n) is 6.42. The molecule has 116 valence electrons. The second kappa shape index (κ2) is 6.23. The van der Waals surface area contributed by atoms with Crippen LogP contribution in [0.15, 0.2) is 32.0 Å². The highest BCUT2D eigenvalue weighted by Crippen LogP contribution is 2.35. The minimum atomic E-state index is -3.52. The van der Waals surface area contributed by atoms with E-state index in [-0.39, 0.29) is 10.3 Å². The zero-order chi connectivity index (χ0) is 15.8. The van der Waals surface area contributed by atoms with E-state index in [1.165, 1.54) is 4.31 Å². The van der Waals surface area contributed by atoms with Crippen LogP contribution in [0.2, 0.25) is 0 Å². The summed E-state index contributed by atoms with van der Waals surface area (Å²) in [4.78, 5) is 0.735. The summed E-state index contributed by atoms with van der Waals surface area (Å²) in [6.07, 6.45) is 1.29. The lowest BCUT2D eigenvalue weighted by Gasteiger charge is -2.38. The monoisotopic (exact) mass is 454 g/mol. The number of halogens is 2. The Morgan fingerprint density at radius 1 is 1.33 bits per heavy atom. The normalized spacial score (nSPS) is 19.4. The SMILES string of the molecule is CC1(C(N)=S)CCN(S(=O)(=O)c2cc(Br)ccc2Br)CC1. The van der Waals surface area contributed by atoms with E-state index < -0.39 is 10.0 Å². The fraction of sp³-hybridized carbons (Fsp3) is 0.462. The van der Waals surface area contributed by atoms with E-state index in [0.717, 1.165) is 4.47 Å². The molecule has 4 nitrogen and oxygen atoms in total. The third-order valence-corrected chi connectivity index (χ3v) is 7.81. The lowest BCUT2D eigenvalue weighted by Crippen LogP contribution is -2.46. The van der Waals surface area contributed by atoms with E-state index in [0.29, 0.717) is 35.4 Å². The summed E-state index contributed by atoms with van der Waals surface area (Å²) in [6, 6.07) is 5.13. The number of benzene rings is 1. The highest BCUT2D eigenvalue weighted by Gasteiger charge is 2.37. The number of piperidine rings is 1. The third kappa shape index (κ3) is 3.50. The van der Waals surface area contributed by atoms with Crippen molar-refractivity contribution in [2.75, 3.05) is 13.1 Å². The molecule has 1 aromatic carbocycles. The van der Waals surface area contributed by atoms with Gasteiger partial charge in [0.25, 0.3) is 0 Å². The van der Waals surface area contributed by atoms with E-state index in [4.69, 9.17) is 18.0 Å². The molecule has 2 rings (SSSR count). The molecule has 8 heteroatoms. The standard InChI is InChI=1S/C13H16Br2N2O2S2/c1-13(12(16)20)4-6-17(7-5-13)21(18,19)11-8-9(14)2-3-10(11)15/h2-3,8H,4-7H2,1H3,(H2,16,20). The van der Waals surface area contributed by atoms with Crippen LogP contribution >= 0.6 is 44.1 Å². The molecule has 0 atom stereocenters. The summed E-state index contributed by atoms with van der Waals surface area (Å²) in [6.45, 7) is 2.85. The van der Waals surface area contributed by atoms with E-state index in [1.54, 1.807) is 18.2 Å². The van der Waals surface area contributed by atoms with Crippen molar-refractivity contribution in [1.29, 1.82) is 0 Å². The predicted octanol–water partition coefficient (Wildman–Crippen LogP) is 3.29. The molecule has 2 N–H and O–H groups in total. The van der Waals surface area contributed by atoms with Crippen molar-refractivity contribution in [1.82, 2.24) is 4.31 Å². The summed E-state index contributed by atoms with van der Waals surface area (Å²) in [5.74, 6) is 0. The molecule has 1 aliphatic heterocycles. The first kappa shape index (κ1) is 17.3. The van der Waals surface area contributed by atoms with E-state index in [1.807, 2.05) is 6.92 Å². The van der Waals surface area contributed by atoms with Gasteiger partial charge in [0.2, 0.25) is 10.0 Å². The van der Waals surface area contributed by atoms with Crippen molar-refractivity contribution in [2.45, 2.75) is 24.7 Å². The fourth-order valence-corrected chi connectivity index (χ4v) is 5.39. The average molecular weight is 456 g/mol. The molecule has 0 spiro atoms. The van der Waals surface area contributed by atoms with Crippen LogP contribution in [-0.2, 0) is 10.0 Å². The third-order valence-electron chi connectivity index (χ3n) is 3.93. The summed E-state index contributed by atoms with van der Waals surface area (Å²) in [5, 5.41) is 0. The summed E-state index contributed by atoms with van der Waals surface area (Å²) >= 11 is 11.7. The molecule has 1 aromatic rings. The van der Waals surface area contributed by atoms with Gasteiger partial charge in [0.1, 0.15) is 0 Å². The molecule has 1 saturated heterocycles. The van der Waals surface area contributed by atoms with Crippen molar-refractivity contribution in [3.8, 4) is 0 Å². The minimum absolute atomic E-state index is 0.254. The molecule has 1 heterocycles. The van der Waals surface area contributed by atoms with Crippen molar-refractivity contribution in [2.24, 2.45) is 11.1 Å². The van der Waals surface area contributed by atoms with Gasteiger partial charge in [-0.15, -0.1) is 0 Å². The maximum Gasteiger partial charge on any atom is 0.244 e. The van der Waals surface area contributed by atoms with Crippen LogP contribution in [-0.4, -0.2) is 30.8 Å². The lowest BCUT2D eigenvalue weighted by molar-refractivity contribution is 0.244. The minimum Gasteiger partial charge on any atom is -0.393 e. The zero-order valence-electron chi connectivity index (χ0n) is 11.5. The molecule has 1 fully saturated rings. The van der Waals surface area contributed by atoms with Crippen molar-refractivity contribution >= 4 is 59.1 Å². The van der Waals surface area contributed by atoms with Crippen LogP contribution in [0, 0.1) is 5.41 Å². The van der Waals surface area contributed by atoms with Crippen molar-refractivity contribution < 1.29 is 8.42 Å². The molecule has 21 heavy (non-hydrogen) atoms. The summed E-state index contributed by atoms with van der Waals surface area (Å²) in [5.41, 5.74) is 5.51. The van der Waals surface area contributed by atoms with Gasteiger partial charge in [0, 0.05) is 27.4 Å². The maximum absolute atomic E-state index is 12.8. The van der Waals surface area contributed by atoms with Gasteiger partial charge in [-0.1, -0.05) is 35.1 Å². The highest BCUT2D eigenvalue weighted by atomic mass is 79.9. The second-order valence-electron chi connectivity index (χ2n) is 5.40. The number of nitrogens with two attached hydrogens (primary N) is 1. The van der Waals surface area contributed by atoms with Crippen LogP contribution in [0.5, 0.6) is 0 Å². The average Bonchev–Trinajstić information content (AvgIpc) is 2.41. The molecule has 0 saturated carbocycles. The van der Waals surface area contributed by atoms with Crippen LogP contribution in [0.3, 0.4) is 0 Å². The molecular formula is C13H16Br2N2O2S2. The van der Waals surface area contributed by atoms with Crippen LogP contribution in [0.25, 0.3) is 0 Å². The fourth-order valence-electron chi connectivity index (χ4n) is 2.28. The Morgan fingerprint density at radius 3 is 2.43 bits per heavy atom. The van der Waals surface area contributed by atoms with Gasteiger partial charge in [0.05, 0.1) is 9.88 Å². The van der Waals surface area contributed by atoms with Crippen LogP contribution in [0.1, 0.15) is 19.8 Å². The van der Waals surface area contributed by atoms with Crippen molar-refractivity contribution in [3.05, 3.63) is 27.1 Å². The first-order chi connectivity index (χ1) is 9.67. The Balaban J connectivity index is 2.27. The van der Waals surface area contributed by atoms with Gasteiger partial charge < -0.3 is 5.73 Å². The van der Waals surface area contributed by atoms with Crippen LogP contribution in [0.4, 0.5) is 0 Å². The zero-order valence-corrected chi connectivity index (χ0v) is 16.3. The van der Waals surface area contributed by atoms with E-state index >= 15 is 0 Å². The number of sulfonamides is 1. The van der Waals surface area contributed by atoms with Gasteiger partial charge >= 0.3 is 0 Å². The van der Waals surface area contributed by atoms with E-state index in [2.05, 4.69) is 31.9 Å². The van der Waals surface area contributed by atoms with E-state index in [9.17, 15) is 8.42 Å². The molecule has 0 unspecified atom stereocenters. The molecule has 0 aliphatic carbocycles. The molecule has 0 amide bonds. The maximum atomic E-state index is 12.8. The molecule has 1 aliphatic rings. The van der Waals surface area contributed by atoms with Gasteiger partial charge in [-0.2, -0.15) is 4.31 Å². The topological polar surface area (TPSA) is 63.4 Å². The molecular weight excluding hydrogens is 440 g/mol. The van der Waals surface area contributed by atoms with Crippen molar-refractivity contribution in [3.63, 3.8) is 0 Å². The van der Waals surface area contributed by atoms with Gasteiger partial charge in [-0.05, 0) is 47.0 Å². The Hall–Kier alpha value is -0.0200. The number of nitrogens with zero attached hydrogens (tertiary/aromatic N) is 1. The highest BCUT2D eigenvalue weighted by molar-refractivity contribution is 9.11.